The minimum Gasteiger partial charge on any atom is -0.467 e. The molecule has 4 heterocycles. The van der Waals surface area contributed by atoms with E-state index in [0.29, 0.717) is 11.6 Å². The molecule has 0 bridgehead atoms. The van der Waals surface area contributed by atoms with Gasteiger partial charge < -0.3 is 4.42 Å². The molecule has 3 aromatic rings. The van der Waals surface area contributed by atoms with Crippen LogP contribution in [-0.4, -0.2) is 37.6 Å². The number of thiophene rings is 1. The number of aromatic amines is 1. The molecule has 1 amide bonds. The van der Waals surface area contributed by atoms with Crippen LogP contribution in [0.3, 0.4) is 0 Å². The number of hydrazone groups is 1. The first kappa shape index (κ1) is 16.1. The van der Waals surface area contributed by atoms with E-state index in [1.54, 1.807) is 17.6 Å². The number of aromatic nitrogens is 3. The second kappa shape index (κ2) is 6.85. The van der Waals surface area contributed by atoms with Gasteiger partial charge in [-0.15, -0.1) is 16.4 Å². The third-order valence-corrected chi connectivity index (χ3v) is 5.50. The molecular weight excluding hydrogens is 358 g/mol. The van der Waals surface area contributed by atoms with Gasteiger partial charge in [0.15, 0.2) is 0 Å². The first-order chi connectivity index (χ1) is 12.2. The summed E-state index contributed by atoms with van der Waals surface area (Å²) in [6.07, 6.45) is 2.26. The van der Waals surface area contributed by atoms with Crippen molar-refractivity contribution in [2.24, 2.45) is 5.10 Å². The van der Waals surface area contributed by atoms with Crippen molar-refractivity contribution in [1.82, 2.24) is 20.2 Å². The van der Waals surface area contributed by atoms with Gasteiger partial charge in [-0.3, -0.25) is 9.89 Å². The van der Waals surface area contributed by atoms with Crippen molar-refractivity contribution < 1.29 is 9.21 Å². The average Bonchev–Trinajstić information content (AvgIpc) is 3.38. The van der Waals surface area contributed by atoms with Crippen molar-refractivity contribution in [1.29, 1.82) is 0 Å². The fourth-order valence-corrected chi connectivity index (χ4v) is 4.03. The lowest BCUT2D eigenvalue weighted by Crippen LogP contribution is -2.28. The molecule has 128 valence electrons. The number of rotatable bonds is 5. The highest BCUT2D eigenvalue weighted by molar-refractivity contribution is 7.99. The van der Waals surface area contributed by atoms with Gasteiger partial charge in [-0.2, -0.15) is 5.10 Å². The Morgan fingerprint density at radius 3 is 3.08 bits per heavy atom. The maximum absolute atomic E-state index is 12.7. The number of carbonyl (C=O) groups excluding carboxylic acids is 1. The number of H-pyrrole nitrogens is 1. The SMILES string of the molecule is Cc1nc(SCC(=O)N2N=C(c3cccs3)C[C@H]2c2ccco2)n[nH]1. The number of nitrogens with zero attached hydrogens (tertiary/aromatic N) is 4. The zero-order valence-electron chi connectivity index (χ0n) is 13.4. The van der Waals surface area contributed by atoms with Crippen molar-refractivity contribution in [3.05, 3.63) is 52.4 Å². The molecular formula is C16H15N5O2S2. The predicted octanol–water partition coefficient (Wildman–Crippen LogP) is 3.24. The molecule has 1 atom stereocenters. The second-order valence-corrected chi connectivity index (χ2v) is 7.38. The lowest BCUT2D eigenvalue weighted by Gasteiger charge is -2.19. The Balaban J connectivity index is 1.53. The molecule has 0 saturated heterocycles. The highest BCUT2D eigenvalue weighted by Gasteiger charge is 2.35. The Kier molecular flexibility index (Phi) is 4.41. The zero-order chi connectivity index (χ0) is 17.2. The van der Waals surface area contributed by atoms with Gasteiger partial charge in [-0.1, -0.05) is 17.8 Å². The first-order valence-electron chi connectivity index (χ1n) is 7.69. The molecule has 4 rings (SSSR count). The van der Waals surface area contributed by atoms with E-state index in [9.17, 15) is 4.79 Å². The molecule has 0 aliphatic carbocycles. The molecule has 7 nitrogen and oxygen atoms in total. The summed E-state index contributed by atoms with van der Waals surface area (Å²) < 4.78 is 5.53. The Hall–Kier alpha value is -2.39. The van der Waals surface area contributed by atoms with Crippen molar-refractivity contribution in [2.75, 3.05) is 5.75 Å². The standard InChI is InChI=1S/C16H15N5O2S2/c1-10-17-16(19-18-10)25-9-15(22)21-12(13-4-2-6-23-13)8-11(20-21)14-5-3-7-24-14/h2-7,12H,8-9H2,1H3,(H,17,18,19)/t12-/m0/s1. The van der Waals surface area contributed by atoms with Gasteiger partial charge in [-0.25, -0.2) is 9.99 Å². The maximum Gasteiger partial charge on any atom is 0.253 e. The number of carbonyl (C=O) groups is 1. The van der Waals surface area contributed by atoms with Crippen LogP contribution in [0, 0.1) is 6.92 Å². The summed E-state index contributed by atoms with van der Waals surface area (Å²) >= 11 is 2.91. The molecule has 0 saturated carbocycles. The molecule has 3 aromatic heterocycles. The first-order valence-corrected chi connectivity index (χ1v) is 9.56. The van der Waals surface area contributed by atoms with Gasteiger partial charge in [-0.05, 0) is 30.5 Å². The third-order valence-electron chi connectivity index (χ3n) is 3.74. The van der Waals surface area contributed by atoms with Gasteiger partial charge in [0, 0.05) is 6.42 Å². The Bertz CT molecular complexity index is 886. The molecule has 0 radical (unpaired) electrons. The van der Waals surface area contributed by atoms with Crippen molar-refractivity contribution in [2.45, 2.75) is 24.5 Å². The molecule has 0 aromatic carbocycles. The number of amides is 1. The molecule has 1 aliphatic rings. The number of nitrogens with one attached hydrogen (secondary N) is 1. The van der Waals surface area contributed by atoms with Crippen LogP contribution >= 0.6 is 23.1 Å². The Morgan fingerprint density at radius 2 is 2.40 bits per heavy atom. The van der Waals surface area contributed by atoms with E-state index in [4.69, 9.17) is 4.42 Å². The lowest BCUT2D eigenvalue weighted by atomic mass is 10.1. The van der Waals surface area contributed by atoms with E-state index >= 15 is 0 Å². The van der Waals surface area contributed by atoms with E-state index in [2.05, 4.69) is 20.3 Å². The summed E-state index contributed by atoms with van der Waals surface area (Å²) in [5.41, 5.74) is 0.906. The monoisotopic (exact) mass is 373 g/mol. The maximum atomic E-state index is 12.7. The van der Waals surface area contributed by atoms with Gasteiger partial charge in [0.2, 0.25) is 5.16 Å². The summed E-state index contributed by atoms with van der Waals surface area (Å²) in [5.74, 6) is 1.58. The topological polar surface area (TPSA) is 87.4 Å². The van der Waals surface area contributed by atoms with E-state index in [1.807, 2.05) is 36.6 Å². The van der Waals surface area contributed by atoms with Crippen molar-refractivity contribution in [3.63, 3.8) is 0 Å². The number of thioether (sulfide) groups is 1. The number of furan rings is 1. The third kappa shape index (κ3) is 3.38. The van der Waals surface area contributed by atoms with Crippen LogP contribution in [0.2, 0.25) is 0 Å². The summed E-state index contributed by atoms with van der Waals surface area (Å²) in [4.78, 5) is 18.0. The highest BCUT2D eigenvalue weighted by Crippen LogP contribution is 2.34. The molecule has 0 spiro atoms. The van der Waals surface area contributed by atoms with E-state index in [-0.39, 0.29) is 17.7 Å². The van der Waals surface area contributed by atoms with Crippen LogP contribution in [0.15, 0.2) is 50.6 Å². The van der Waals surface area contributed by atoms with Gasteiger partial charge in [0.1, 0.15) is 17.6 Å². The van der Waals surface area contributed by atoms with Crippen LogP contribution in [0.4, 0.5) is 0 Å². The van der Waals surface area contributed by atoms with Crippen LogP contribution in [0.25, 0.3) is 0 Å². The second-order valence-electron chi connectivity index (χ2n) is 5.49. The smallest absolute Gasteiger partial charge is 0.253 e. The largest absolute Gasteiger partial charge is 0.467 e. The van der Waals surface area contributed by atoms with Crippen molar-refractivity contribution in [3.8, 4) is 0 Å². The van der Waals surface area contributed by atoms with Gasteiger partial charge in [0.05, 0.1) is 22.6 Å². The average molecular weight is 373 g/mol. The number of hydrogen-bond donors (Lipinski definition) is 1. The van der Waals surface area contributed by atoms with Gasteiger partial charge in [0.25, 0.3) is 5.91 Å². The van der Waals surface area contributed by atoms with E-state index in [0.717, 1.165) is 22.2 Å². The summed E-state index contributed by atoms with van der Waals surface area (Å²) in [5, 5.41) is 15.5. The Morgan fingerprint density at radius 1 is 1.48 bits per heavy atom. The Labute approximate surface area is 152 Å². The summed E-state index contributed by atoms with van der Waals surface area (Å²) in [6, 6.07) is 7.49. The predicted molar refractivity (Wildman–Crippen MR) is 95.6 cm³/mol. The summed E-state index contributed by atoms with van der Waals surface area (Å²) in [6.45, 7) is 1.82. The molecule has 9 heteroatoms. The minimum absolute atomic E-state index is 0.0968. The molecule has 1 aliphatic heterocycles. The fraction of sp³-hybridized carbons (Fsp3) is 0.250. The van der Waals surface area contributed by atoms with Gasteiger partial charge >= 0.3 is 0 Å². The molecule has 0 fully saturated rings. The van der Waals surface area contributed by atoms with Crippen LogP contribution < -0.4 is 0 Å². The minimum atomic E-state index is -0.214. The van der Waals surface area contributed by atoms with Crippen LogP contribution in [-0.2, 0) is 4.79 Å². The quantitative estimate of drug-likeness (QED) is 0.694. The van der Waals surface area contributed by atoms with E-state index in [1.165, 1.54) is 16.8 Å². The van der Waals surface area contributed by atoms with E-state index < -0.39 is 0 Å². The summed E-state index contributed by atoms with van der Waals surface area (Å²) in [7, 11) is 0. The molecule has 0 unspecified atom stereocenters. The van der Waals surface area contributed by atoms with Crippen molar-refractivity contribution >= 4 is 34.7 Å². The normalized spacial score (nSPS) is 17.1. The lowest BCUT2D eigenvalue weighted by molar-refractivity contribution is -0.130. The van der Waals surface area contributed by atoms with Crippen LogP contribution in [0.1, 0.15) is 28.9 Å². The molecule has 1 N–H and O–H groups in total. The number of aryl methyl sites for hydroxylation is 1. The number of hydrogen-bond acceptors (Lipinski definition) is 7. The van der Waals surface area contributed by atoms with Crippen LogP contribution in [0.5, 0.6) is 0 Å². The zero-order valence-corrected chi connectivity index (χ0v) is 15.0. The fourth-order valence-electron chi connectivity index (χ4n) is 2.61. The molecule has 25 heavy (non-hydrogen) atoms. The highest BCUT2D eigenvalue weighted by atomic mass is 32.2.